The van der Waals surface area contributed by atoms with Gasteiger partial charge in [-0.15, -0.1) is 0 Å². The molecule has 1 fully saturated rings. The topological polar surface area (TPSA) is 71.7 Å². The number of nitrogens with zero attached hydrogens (tertiary/aromatic N) is 3. The van der Waals surface area contributed by atoms with Crippen molar-refractivity contribution in [3.8, 4) is 11.1 Å². The number of aromatic nitrogens is 1. The predicted octanol–water partition coefficient (Wildman–Crippen LogP) is 3.42. The Balaban J connectivity index is 1.42. The average Bonchev–Trinajstić information content (AvgIpc) is 2.85. The van der Waals surface area contributed by atoms with Gasteiger partial charge in [-0.25, -0.2) is 9.78 Å². The van der Waals surface area contributed by atoms with E-state index in [4.69, 9.17) is 22.7 Å². The van der Waals surface area contributed by atoms with E-state index in [2.05, 4.69) is 20.9 Å². The molecule has 1 aliphatic rings. The van der Waals surface area contributed by atoms with E-state index < -0.39 is 0 Å². The van der Waals surface area contributed by atoms with E-state index in [0.717, 1.165) is 54.3 Å². The lowest BCUT2D eigenvalue weighted by molar-refractivity contribution is -0.147. The largest absolute Gasteiger partial charge is 0.468 e. The average molecular weight is 447 g/mol. The molecule has 0 amide bonds. The zero-order chi connectivity index (χ0) is 22.5. The smallest absolute Gasteiger partial charge is 0.327 e. The molecule has 7 heteroatoms. The van der Waals surface area contributed by atoms with Crippen LogP contribution in [-0.4, -0.2) is 54.1 Å². The predicted molar refractivity (Wildman–Crippen MR) is 131 cm³/mol. The van der Waals surface area contributed by atoms with E-state index in [1.54, 1.807) is 0 Å². The summed E-state index contributed by atoms with van der Waals surface area (Å²) in [6.45, 7) is 3.07. The standard InChI is InChI=1S/C25H26N4O2S/c1-31-25(30)23(19-5-3-2-4-6-19)29-15-13-28(14-16-29)22-12-11-21(17-27-22)18-7-9-20(10-8-18)24(26)32/h2-12,17,23H,13-16H2,1H3,(H2,26,32). The van der Waals surface area contributed by atoms with Crippen LogP contribution in [0.15, 0.2) is 72.9 Å². The van der Waals surface area contributed by atoms with Crippen LogP contribution in [0.1, 0.15) is 17.2 Å². The maximum absolute atomic E-state index is 12.5. The molecule has 0 saturated carbocycles. The normalized spacial score (nSPS) is 15.2. The number of nitrogens with two attached hydrogens (primary N) is 1. The molecule has 164 valence electrons. The number of hydrogen-bond donors (Lipinski definition) is 1. The van der Waals surface area contributed by atoms with Crippen LogP contribution in [-0.2, 0) is 9.53 Å². The van der Waals surface area contributed by atoms with Gasteiger partial charge in [0.05, 0.1) is 7.11 Å². The number of benzene rings is 2. The Bertz CT molecular complexity index is 1060. The Kier molecular flexibility index (Phi) is 6.78. The van der Waals surface area contributed by atoms with Gasteiger partial charge in [-0.3, -0.25) is 4.90 Å². The first-order chi connectivity index (χ1) is 15.6. The van der Waals surface area contributed by atoms with Gasteiger partial charge in [-0.2, -0.15) is 0 Å². The van der Waals surface area contributed by atoms with Gasteiger partial charge in [0.1, 0.15) is 16.8 Å². The number of hydrogen-bond acceptors (Lipinski definition) is 6. The third-order valence-corrected chi connectivity index (χ3v) is 6.03. The molecule has 3 aromatic rings. The van der Waals surface area contributed by atoms with Crippen molar-refractivity contribution >= 4 is 29.0 Å². The van der Waals surface area contributed by atoms with Crippen molar-refractivity contribution in [3.05, 3.63) is 84.1 Å². The molecule has 0 spiro atoms. The first-order valence-electron chi connectivity index (χ1n) is 10.5. The van der Waals surface area contributed by atoms with Crippen molar-refractivity contribution in [2.45, 2.75) is 6.04 Å². The highest BCUT2D eigenvalue weighted by molar-refractivity contribution is 7.80. The summed E-state index contributed by atoms with van der Waals surface area (Å²) in [5.74, 6) is 0.705. The van der Waals surface area contributed by atoms with Crippen LogP contribution in [0.5, 0.6) is 0 Å². The molecule has 2 heterocycles. The van der Waals surface area contributed by atoms with Gasteiger partial charge in [0, 0.05) is 43.5 Å². The zero-order valence-electron chi connectivity index (χ0n) is 18.0. The van der Waals surface area contributed by atoms with Crippen molar-refractivity contribution < 1.29 is 9.53 Å². The first kappa shape index (κ1) is 21.9. The monoisotopic (exact) mass is 446 g/mol. The lowest BCUT2D eigenvalue weighted by Gasteiger charge is -2.38. The Hall–Kier alpha value is -3.29. The molecule has 1 atom stereocenters. The molecule has 1 saturated heterocycles. The highest BCUT2D eigenvalue weighted by Gasteiger charge is 2.31. The highest BCUT2D eigenvalue weighted by Crippen LogP contribution is 2.26. The van der Waals surface area contributed by atoms with Gasteiger partial charge in [-0.05, 0) is 23.3 Å². The Morgan fingerprint density at radius 2 is 1.62 bits per heavy atom. The minimum absolute atomic E-state index is 0.228. The van der Waals surface area contributed by atoms with Gasteiger partial charge < -0.3 is 15.4 Å². The summed E-state index contributed by atoms with van der Waals surface area (Å²) in [5, 5.41) is 0. The van der Waals surface area contributed by atoms with Crippen LogP contribution in [0.4, 0.5) is 5.82 Å². The second-order valence-corrected chi connectivity index (χ2v) is 8.15. The zero-order valence-corrected chi connectivity index (χ0v) is 18.8. The number of methoxy groups -OCH3 is 1. The number of ether oxygens (including phenoxy) is 1. The third-order valence-electron chi connectivity index (χ3n) is 5.79. The molecular formula is C25H26N4O2S. The molecule has 1 aromatic heterocycles. The van der Waals surface area contributed by atoms with Crippen LogP contribution in [0, 0.1) is 0 Å². The maximum atomic E-state index is 12.5. The van der Waals surface area contributed by atoms with Crippen molar-refractivity contribution in [1.82, 2.24) is 9.88 Å². The molecule has 2 N–H and O–H groups in total. The summed E-state index contributed by atoms with van der Waals surface area (Å²) < 4.78 is 5.09. The van der Waals surface area contributed by atoms with Crippen LogP contribution in [0.2, 0.25) is 0 Å². The summed E-state index contributed by atoms with van der Waals surface area (Å²) in [5.41, 5.74) is 9.59. The molecule has 32 heavy (non-hydrogen) atoms. The quantitative estimate of drug-likeness (QED) is 0.459. The summed E-state index contributed by atoms with van der Waals surface area (Å²) in [4.78, 5) is 22.0. The molecule has 2 aromatic carbocycles. The Morgan fingerprint density at radius 1 is 0.969 bits per heavy atom. The number of anilines is 1. The first-order valence-corrected chi connectivity index (χ1v) is 11.0. The van der Waals surface area contributed by atoms with Gasteiger partial charge in [0.2, 0.25) is 0 Å². The Morgan fingerprint density at radius 3 is 2.19 bits per heavy atom. The third kappa shape index (κ3) is 4.79. The van der Waals surface area contributed by atoms with E-state index in [9.17, 15) is 4.79 Å². The SMILES string of the molecule is COC(=O)C(c1ccccc1)N1CCN(c2ccc(-c3ccc(C(N)=S)cc3)cn2)CC1. The van der Waals surface area contributed by atoms with Crippen molar-refractivity contribution in [1.29, 1.82) is 0 Å². The second-order valence-electron chi connectivity index (χ2n) is 7.71. The van der Waals surface area contributed by atoms with E-state index >= 15 is 0 Å². The molecule has 0 radical (unpaired) electrons. The minimum Gasteiger partial charge on any atom is -0.468 e. The number of carbonyl (C=O) groups is 1. The summed E-state index contributed by atoms with van der Waals surface area (Å²) in [7, 11) is 1.44. The summed E-state index contributed by atoms with van der Waals surface area (Å²) >= 11 is 5.02. The molecule has 0 bridgehead atoms. The van der Waals surface area contributed by atoms with Gasteiger partial charge in [0.15, 0.2) is 0 Å². The number of pyridine rings is 1. The number of esters is 1. The van der Waals surface area contributed by atoms with Crippen LogP contribution < -0.4 is 10.6 Å². The fraction of sp³-hybridized carbons (Fsp3) is 0.240. The lowest BCUT2D eigenvalue weighted by atomic mass is 10.0. The van der Waals surface area contributed by atoms with Gasteiger partial charge in [-0.1, -0.05) is 66.8 Å². The maximum Gasteiger partial charge on any atom is 0.327 e. The molecule has 6 nitrogen and oxygen atoms in total. The molecular weight excluding hydrogens is 420 g/mol. The molecule has 1 aliphatic heterocycles. The minimum atomic E-state index is -0.386. The number of rotatable bonds is 6. The molecule has 0 aliphatic carbocycles. The van der Waals surface area contributed by atoms with Crippen molar-refractivity contribution in [3.63, 3.8) is 0 Å². The molecule has 1 unspecified atom stereocenters. The fourth-order valence-corrected chi connectivity index (χ4v) is 4.16. The lowest BCUT2D eigenvalue weighted by Crippen LogP contribution is -2.49. The number of piperazine rings is 1. The van der Waals surface area contributed by atoms with Crippen LogP contribution in [0.25, 0.3) is 11.1 Å². The van der Waals surface area contributed by atoms with E-state index in [-0.39, 0.29) is 12.0 Å². The van der Waals surface area contributed by atoms with E-state index in [1.165, 1.54) is 7.11 Å². The van der Waals surface area contributed by atoms with Gasteiger partial charge in [0.25, 0.3) is 0 Å². The van der Waals surface area contributed by atoms with E-state index in [1.807, 2.05) is 66.9 Å². The fourth-order valence-electron chi connectivity index (χ4n) is 4.02. The number of carbonyl (C=O) groups excluding carboxylic acids is 1. The summed E-state index contributed by atoms with van der Waals surface area (Å²) in [6, 6.07) is 21.4. The summed E-state index contributed by atoms with van der Waals surface area (Å²) in [6.07, 6.45) is 1.89. The number of thiocarbonyl (C=S) groups is 1. The van der Waals surface area contributed by atoms with Crippen molar-refractivity contribution in [2.75, 3.05) is 38.2 Å². The second kappa shape index (κ2) is 9.89. The molecule has 4 rings (SSSR count). The highest BCUT2D eigenvalue weighted by atomic mass is 32.1. The van der Waals surface area contributed by atoms with Crippen LogP contribution >= 0.6 is 12.2 Å². The Labute approximate surface area is 193 Å². The van der Waals surface area contributed by atoms with E-state index in [0.29, 0.717) is 4.99 Å². The van der Waals surface area contributed by atoms with Crippen LogP contribution in [0.3, 0.4) is 0 Å². The van der Waals surface area contributed by atoms with Crippen molar-refractivity contribution in [2.24, 2.45) is 5.73 Å². The van der Waals surface area contributed by atoms with Gasteiger partial charge >= 0.3 is 5.97 Å².